The van der Waals surface area contributed by atoms with Gasteiger partial charge in [0.15, 0.2) is 0 Å². The molecule has 10 heteroatoms. The highest BCUT2D eigenvalue weighted by molar-refractivity contribution is 8.76. The molecule has 0 saturated carbocycles. The van der Waals surface area contributed by atoms with Crippen molar-refractivity contribution in [1.29, 1.82) is 0 Å². The van der Waals surface area contributed by atoms with Gasteiger partial charge in [-0.3, -0.25) is 0 Å². The Morgan fingerprint density at radius 2 is 0.696 bits per heavy atom. The highest BCUT2D eigenvalue weighted by Crippen LogP contribution is 2.41. The summed E-state index contributed by atoms with van der Waals surface area (Å²) in [6.45, 7) is 0. The van der Waals surface area contributed by atoms with Gasteiger partial charge in [0.25, 0.3) is 0 Å². The minimum Gasteiger partial charge on any atom is -0.240 e. The molecule has 4 heterocycles. The van der Waals surface area contributed by atoms with E-state index in [2.05, 4.69) is 97.1 Å². The molecule has 0 saturated heterocycles. The first kappa shape index (κ1) is 30.5. The van der Waals surface area contributed by atoms with Crippen molar-refractivity contribution in [3.05, 3.63) is 117 Å². The molecule has 0 amide bonds. The molecule has 0 N–H and O–H groups in total. The number of hydrogen-bond donors (Lipinski definition) is 0. The fourth-order valence-electron chi connectivity index (χ4n) is 5.67. The summed E-state index contributed by atoms with van der Waals surface area (Å²) in [5.41, 5.74) is 4.36. The predicted octanol–water partition coefficient (Wildman–Crippen LogP) is 12.0. The van der Waals surface area contributed by atoms with Crippen molar-refractivity contribution in [3.63, 3.8) is 0 Å². The van der Waals surface area contributed by atoms with Crippen molar-refractivity contribution in [2.24, 2.45) is 0 Å². The largest absolute Gasteiger partial charge is 0.240 e. The maximum Gasteiger partial charge on any atom is 0.104 e. The lowest BCUT2D eigenvalue weighted by Crippen LogP contribution is -2.01. The van der Waals surface area contributed by atoms with E-state index < -0.39 is 0 Å². The fraction of sp³-hybridized carbons (Fsp3) is 0.222. The summed E-state index contributed by atoms with van der Waals surface area (Å²) in [5.74, 6) is 2.72. The number of thiazole rings is 4. The third kappa shape index (κ3) is 6.61. The third-order valence-corrected chi connectivity index (χ3v) is 15.1. The summed E-state index contributed by atoms with van der Waals surface area (Å²) in [5, 5.41) is 4.75. The lowest BCUT2D eigenvalue weighted by Gasteiger charge is -2.12. The van der Waals surface area contributed by atoms with Gasteiger partial charge >= 0.3 is 0 Å². The summed E-state index contributed by atoms with van der Waals surface area (Å²) in [6.07, 6.45) is 4.39. The van der Waals surface area contributed by atoms with Crippen LogP contribution in [-0.4, -0.2) is 31.4 Å². The van der Waals surface area contributed by atoms with Gasteiger partial charge < -0.3 is 0 Å². The van der Waals surface area contributed by atoms with Crippen LogP contribution in [0, 0.1) is 0 Å². The highest BCUT2D eigenvalue weighted by atomic mass is 33.1. The minimum absolute atomic E-state index is 0.240. The van der Waals surface area contributed by atoms with Gasteiger partial charge in [0.05, 0.1) is 52.7 Å². The Morgan fingerprint density at radius 1 is 0.413 bits per heavy atom. The summed E-state index contributed by atoms with van der Waals surface area (Å²) in [6, 6.07) is 33.9. The molecule has 0 radical (unpaired) electrons. The Labute approximate surface area is 291 Å². The molecule has 0 spiro atoms. The fourth-order valence-corrected chi connectivity index (χ4v) is 12.5. The summed E-state index contributed by atoms with van der Waals surface area (Å²) >= 11 is 7.29. The Hall–Kier alpha value is -2.86. The highest BCUT2D eigenvalue weighted by Gasteiger charge is 2.24. The minimum atomic E-state index is 0.240. The number of aromatic nitrogens is 4. The zero-order chi connectivity index (χ0) is 30.7. The SMILES string of the molecule is c1ccc2sc(C(CCCSSCCCC(c3nc4ccccc4s3)c3nc4ccccc4s3)c3nc4ccccc4s3)nc2c1. The van der Waals surface area contributed by atoms with Crippen molar-refractivity contribution in [2.75, 3.05) is 11.5 Å². The van der Waals surface area contributed by atoms with E-state index in [1.165, 1.54) is 38.8 Å². The van der Waals surface area contributed by atoms with E-state index in [0.29, 0.717) is 0 Å². The number of rotatable bonds is 13. The maximum absolute atomic E-state index is 5.06. The first-order chi connectivity index (χ1) is 22.8. The molecule has 8 rings (SSSR count). The average Bonchev–Trinajstić information content (AvgIpc) is 3.89. The zero-order valence-electron chi connectivity index (χ0n) is 24.9. The predicted molar refractivity (Wildman–Crippen MR) is 206 cm³/mol. The Kier molecular flexibility index (Phi) is 9.34. The molecule has 0 aliphatic heterocycles. The molecule has 0 aliphatic carbocycles. The van der Waals surface area contributed by atoms with E-state index in [-0.39, 0.29) is 11.8 Å². The van der Waals surface area contributed by atoms with E-state index in [4.69, 9.17) is 19.9 Å². The van der Waals surface area contributed by atoms with Crippen molar-refractivity contribution in [1.82, 2.24) is 19.9 Å². The number of hydrogen-bond acceptors (Lipinski definition) is 10. The Balaban J connectivity index is 0.893. The van der Waals surface area contributed by atoms with E-state index in [9.17, 15) is 0 Å². The Morgan fingerprint density at radius 3 is 0.978 bits per heavy atom. The van der Waals surface area contributed by atoms with Gasteiger partial charge in [0, 0.05) is 11.5 Å². The quantitative estimate of drug-likeness (QED) is 0.0877. The van der Waals surface area contributed by atoms with Crippen LogP contribution in [0.1, 0.15) is 57.5 Å². The van der Waals surface area contributed by atoms with Crippen LogP contribution < -0.4 is 0 Å². The monoisotopic (exact) mass is 710 g/mol. The second-order valence-electron chi connectivity index (χ2n) is 11.1. The van der Waals surface area contributed by atoms with Crippen LogP contribution in [0.25, 0.3) is 40.9 Å². The van der Waals surface area contributed by atoms with Gasteiger partial charge in [-0.25, -0.2) is 19.9 Å². The van der Waals surface area contributed by atoms with Crippen molar-refractivity contribution < 1.29 is 0 Å². The number of benzene rings is 4. The van der Waals surface area contributed by atoms with E-state index in [0.717, 1.165) is 59.3 Å². The number of nitrogens with zero attached hydrogens (tertiary/aromatic N) is 4. The molecule has 0 unspecified atom stereocenters. The third-order valence-electron chi connectivity index (χ3n) is 7.96. The first-order valence-corrected chi connectivity index (χ1v) is 21.2. The molecule has 4 aromatic carbocycles. The van der Waals surface area contributed by atoms with Crippen LogP contribution in [0.2, 0.25) is 0 Å². The summed E-state index contributed by atoms with van der Waals surface area (Å²) in [4.78, 5) is 20.2. The van der Waals surface area contributed by atoms with Crippen LogP contribution >= 0.6 is 66.9 Å². The topological polar surface area (TPSA) is 51.6 Å². The second-order valence-corrected chi connectivity index (χ2v) is 18.1. The van der Waals surface area contributed by atoms with Gasteiger partial charge in [0.2, 0.25) is 0 Å². The van der Waals surface area contributed by atoms with Crippen LogP contribution in [0.15, 0.2) is 97.1 Å². The lowest BCUT2D eigenvalue weighted by atomic mass is 10.1. The molecular weight excluding hydrogens is 681 g/mol. The molecule has 0 atom stereocenters. The van der Waals surface area contributed by atoms with Gasteiger partial charge in [-0.1, -0.05) is 70.1 Å². The molecule has 0 aliphatic rings. The maximum atomic E-state index is 5.06. The molecule has 4 nitrogen and oxygen atoms in total. The molecular formula is C36H30N4S6. The van der Waals surface area contributed by atoms with E-state index in [1.807, 2.05) is 66.9 Å². The van der Waals surface area contributed by atoms with Crippen LogP contribution in [0.5, 0.6) is 0 Å². The molecule has 8 aromatic rings. The van der Waals surface area contributed by atoms with Crippen LogP contribution in [0.3, 0.4) is 0 Å². The second kappa shape index (κ2) is 14.1. The first-order valence-electron chi connectivity index (χ1n) is 15.4. The Bertz CT molecular complexity index is 1790. The molecule has 0 fully saturated rings. The number of para-hydroxylation sites is 4. The molecule has 230 valence electrons. The van der Waals surface area contributed by atoms with Crippen LogP contribution in [0.4, 0.5) is 0 Å². The van der Waals surface area contributed by atoms with Gasteiger partial charge in [-0.2, -0.15) is 0 Å². The normalized spacial score (nSPS) is 12.1. The van der Waals surface area contributed by atoms with E-state index >= 15 is 0 Å². The summed E-state index contributed by atoms with van der Waals surface area (Å²) in [7, 11) is 4.01. The average molecular weight is 711 g/mol. The molecule has 0 bridgehead atoms. The molecule has 4 aromatic heterocycles. The standard InChI is InChI=1S/C36H30N4S6/c1-5-17-29-25(13-1)37-33(43-29)23(34-38-26-14-2-6-18-30(26)44-34)11-9-21-41-42-22-10-12-24(35-39-27-15-3-7-19-31(27)45-35)36-40-28-16-4-8-20-32(28)46-36/h1-8,13-20,23-24H,9-12,21-22H2. The summed E-state index contributed by atoms with van der Waals surface area (Å²) < 4.78 is 5.01. The van der Waals surface area contributed by atoms with Crippen molar-refractivity contribution in [2.45, 2.75) is 37.5 Å². The smallest absolute Gasteiger partial charge is 0.104 e. The van der Waals surface area contributed by atoms with Crippen molar-refractivity contribution in [3.8, 4) is 0 Å². The lowest BCUT2D eigenvalue weighted by molar-refractivity contribution is 0.696. The van der Waals surface area contributed by atoms with Crippen LogP contribution in [-0.2, 0) is 0 Å². The molecule has 46 heavy (non-hydrogen) atoms. The van der Waals surface area contributed by atoms with Gasteiger partial charge in [0.1, 0.15) is 20.0 Å². The van der Waals surface area contributed by atoms with Crippen molar-refractivity contribution >= 4 is 108 Å². The zero-order valence-corrected chi connectivity index (χ0v) is 29.8. The van der Waals surface area contributed by atoms with Gasteiger partial charge in [-0.05, 0) is 74.2 Å². The van der Waals surface area contributed by atoms with E-state index in [1.54, 1.807) is 0 Å². The van der Waals surface area contributed by atoms with Gasteiger partial charge in [-0.15, -0.1) is 45.3 Å². The number of fused-ring (bicyclic) bond motifs is 4.